The number of allylic oxidation sites excluding steroid dienone is 1. The van der Waals surface area contributed by atoms with Gasteiger partial charge in [-0.3, -0.25) is 18.8 Å². The quantitative estimate of drug-likeness (QED) is 0.484. The summed E-state index contributed by atoms with van der Waals surface area (Å²) >= 11 is 1.32. The Bertz CT molecular complexity index is 1660. The summed E-state index contributed by atoms with van der Waals surface area (Å²) in [5, 5.41) is 7.31. The minimum atomic E-state index is -0.589. The first-order chi connectivity index (χ1) is 16.8. The number of thiazole rings is 1. The molecule has 0 fully saturated rings. The third kappa shape index (κ3) is 4.06. The van der Waals surface area contributed by atoms with E-state index in [1.807, 2.05) is 88.5 Å². The van der Waals surface area contributed by atoms with E-state index in [9.17, 15) is 9.59 Å². The molecule has 35 heavy (non-hydrogen) atoms. The Balaban J connectivity index is 1.68. The second kappa shape index (κ2) is 8.96. The molecule has 0 saturated carbocycles. The zero-order valence-electron chi connectivity index (χ0n) is 19.9. The Hall–Kier alpha value is -4.04. The number of hydrogen-bond donors (Lipinski definition) is 1. The molecule has 1 aliphatic rings. The van der Waals surface area contributed by atoms with Crippen LogP contribution in [0, 0.1) is 13.8 Å². The van der Waals surface area contributed by atoms with Crippen molar-refractivity contribution in [1.82, 2.24) is 14.3 Å². The van der Waals surface area contributed by atoms with Gasteiger partial charge in [-0.2, -0.15) is 5.10 Å². The van der Waals surface area contributed by atoms with Crippen LogP contribution in [-0.4, -0.2) is 20.3 Å². The number of fused-ring (bicyclic) bond motifs is 1. The number of nitrogens with one attached hydrogen (secondary N) is 1. The normalized spacial score (nSPS) is 15.7. The average Bonchev–Trinajstić information content (AvgIpc) is 3.33. The molecule has 1 N–H and O–H groups in total. The Morgan fingerprint density at radius 2 is 1.77 bits per heavy atom. The smallest absolute Gasteiger partial charge is 0.271 e. The summed E-state index contributed by atoms with van der Waals surface area (Å²) in [7, 11) is 1.87. The van der Waals surface area contributed by atoms with Crippen LogP contribution >= 0.6 is 11.3 Å². The van der Waals surface area contributed by atoms with Crippen molar-refractivity contribution >= 4 is 29.0 Å². The van der Waals surface area contributed by atoms with Crippen molar-refractivity contribution in [2.45, 2.75) is 26.8 Å². The maximum absolute atomic E-state index is 13.7. The number of hydrogen-bond acceptors (Lipinski definition) is 5. The molecular weight excluding hydrogens is 458 g/mol. The van der Waals surface area contributed by atoms with E-state index in [0.717, 1.165) is 28.1 Å². The molecule has 0 spiro atoms. The first-order valence-corrected chi connectivity index (χ1v) is 12.1. The lowest BCUT2D eigenvalue weighted by atomic mass is 9.95. The highest BCUT2D eigenvalue weighted by Crippen LogP contribution is 2.31. The van der Waals surface area contributed by atoms with Crippen molar-refractivity contribution in [3.63, 3.8) is 0 Å². The van der Waals surface area contributed by atoms with E-state index in [0.29, 0.717) is 20.6 Å². The lowest BCUT2D eigenvalue weighted by molar-refractivity contribution is -0.113. The van der Waals surface area contributed by atoms with Crippen LogP contribution in [0.2, 0.25) is 0 Å². The average molecular weight is 484 g/mol. The third-order valence-electron chi connectivity index (χ3n) is 6.33. The highest BCUT2D eigenvalue weighted by Gasteiger charge is 2.32. The molecule has 1 atom stereocenters. The highest BCUT2D eigenvalue weighted by atomic mass is 32.1. The van der Waals surface area contributed by atoms with E-state index in [2.05, 4.69) is 10.4 Å². The van der Waals surface area contributed by atoms with E-state index < -0.39 is 6.04 Å². The summed E-state index contributed by atoms with van der Waals surface area (Å²) in [4.78, 5) is 32.6. The number of para-hydroxylation sites is 1. The molecule has 0 aliphatic carbocycles. The maximum atomic E-state index is 13.7. The van der Waals surface area contributed by atoms with Crippen LogP contribution in [0.5, 0.6) is 0 Å². The van der Waals surface area contributed by atoms with Crippen LogP contribution < -0.4 is 20.2 Å². The first-order valence-electron chi connectivity index (χ1n) is 11.3. The number of amides is 1. The first kappa shape index (κ1) is 22.7. The van der Waals surface area contributed by atoms with Gasteiger partial charge in [-0.15, -0.1) is 0 Å². The van der Waals surface area contributed by atoms with Gasteiger partial charge in [0.1, 0.15) is 0 Å². The van der Waals surface area contributed by atoms with Gasteiger partial charge >= 0.3 is 0 Å². The topological polar surface area (TPSA) is 81.3 Å². The van der Waals surface area contributed by atoms with E-state index in [-0.39, 0.29) is 11.5 Å². The number of nitrogens with zero attached hydrogens (tertiary/aromatic N) is 4. The van der Waals surface area contributed by atoms with E-state index in [4.69, 9.17) is 4.99 Å². The van der Waals surface area contributed by atoms with Gasteiger partial charge < -0.3 is 5.32 Å². The third-order valence-corrected chi connectivity index (χ3v) is 7.32. The predicted molar refractivity (Wildman–Crippen MR) is 138 cm³/mol. The molecule has 7 nitrogen and oxygen atoms in total. The molecule has 0 radical (unpaired) electrons. The minimum absolute atomic E-state index is 0.181. The van der Waals surface area contributed by atoms with E-state index >= 15 is 0 Å². The van der Waals surface area contributed by atoms with E-state index in [1.165, 1.54) is 11.3 Å². The number of rotatable bonds is 4. The van der Waals surface area contributed by atoms with Gasteiger partial charge in [-0.25, -0.2) is 4.99 Å². The number of benzene rings is 2. The molecule has 5 rings (SSSR count). The summed E-state index contributed by atoms with van der Waals surface area (Å²) in [6.45, 7) is 5.73. The van der Waals surface area contributed by atoms with Crippen molar-refractivity contribution in [3.8, 4) is 0 Å². The summed E-state index contributed by atoms with van der Waals surface area (Å²) in [6, 6.07) is 16.7. The van der Waals surface area contributed by atoms with Gasteiger partial charge in [0.05, 0.1) is 28.0 Å². The summed E-state index contributed by atoms with van der Waals surface area (Å²) in [6.07, 6.45) is 3.59. The monoisotopic (exact) mass is 483 g/mol. The lowest BCUT2D eigenvalue weighted by Gasteiger charge is -2.25. The standard InChI is InChI=1S/C27H25N5O2S/c1-16-10-8-9-13-21(16)30-25(33)23-17(2)29-27-32(24(23)19-11-6-5-7-12-19)26(34)22(35-27)14-20-15-28-31(4)18(20)3/h5-15,24H,1-4H3,(H,30,33)/b22-14+/t24-/m0/s1. The van der Waals surface area contributed by atoms with Crippen molar-refractivity contribution < 1.29 is 4.79 Å². The minimum Gasteiger partial charge on any atom is -0.322 e. The van der Waals surface area contributed by atoms with E-state index in [1.54, 1.807) is 15.4 Å². The molecule has 0 saturated heterocycles. The summed E-state index contributed by atoms with van der Waals surface area (Å²) < 4.78 is 3.96. The molecule has 176 valence electrons. The van der Waals surface area contributed by atoms with Crippen LogP contribution in [0.3, 0.4) is 0 Å². The van der Waals surface area contributed by atoms with Crippen molar-refractivity contribution in [3.05, 3.63) is 114 Å². The highest BCUT2D eigenvalue weighted by molar-refractivity contribution is 7.07. The molecule has 1 amide bonds. The predicted octanol–water partition coefficient (Wildman–Crippen LogP) is 3.22. The Morgan fingerprint density at radius 1 is 1.06 bits per heavy atom. The van der Waals surface area contributed by atoms with Gasteiger partial charge in [0.15, 0.2) is 4.80 Å². The molecule has 0 unspecified atom stereocenters. The van der Waals surface area contributed by atoms with Crippen LogP contribution in [0.4, 0.5) is 5.69 Å². The Labute approximate surface area is 206 Å². The number of aromatic nitrogens is 3. The van der Waals surface area contributed by atoms with Gasteiger partial charge in [0, 0.05) is 24.0 Å². The second-order valence-corrected chi connectivity index (χ2v) is 9.58. The van der Waals surface area contributed by atoms with Crippen LogP contribution in [0.1, 0.15) is 35.3 Å². The molecule has 0 bridgehead atoms. The van der Waals surface area contributed by atoms with Crippen molar-refractivity contribution in [1.29, 1.82) is 0 Å². The molecule has 1 aliphatic heterocycles. The van der Waals surface area contributed by atoms with Crippen LogP contribution in [0.15, 0.2) is 81.9 Å². The zero-order chi connectivity index (χ0) is 24.7. The molecule has 2 aromatic carbocycles. The number of carbonyl (C=O) groups excluding carboxylic acids is 1. The molecule has 3 heterocycles. The number of anilines is 1. The summed E-state index contributed by atoms with van der Waals surface area (Å²) in [5.74, 6) is -0.271. The van der Waals surface area contributed by atoms with Crippen molar-refractivity contribution in [2.75, 3.05) is 5.32 Å². The van der Waals surface area contributed by atoms with Gasteiger partial charge in [-0.1, -0.05) is 59.9 Å². The molecule has 2 aromatic heterocycles. The SMILES string of the molecule is CC1=C(C(=O)Nc2ccccc2C)[C@H](c2ccccc2)n2c(s/c(=C/c3cnn(C)c3C)c2=O)=N1. The van der Waals surface area contributed by atoms with Crippen molar-refractivity contribution in [2.24, 2.45) is 12.0 Å². The largest absolute Gasteiger partial charge is 0.322 e. The van der Waals surface area contributed by atoms with Gasteiger partial charge in [0.2, 0.25) is 0 Å². The Morgan fingerprint density at radius 3 is 2.46 bits per heavy atom. The lowest BCUT2D eigenvalue weighted by Crippen LogP contribution is -2.40. The zero-order valence-corrected chi connectivity index (χ0v) is 20.8. The number of carbonyl (C=O) groups is 1. The summed E-state index contributed by atoms with van der Waals surface area (Å²) in [5.41, 5.74) is 5.24. The van der Waals surface area contributed by atoms with Crippen LogP contribution in [-0.2, 0) is 11.8 Å². The van der Waals surface area contributed by atoms with Gasteiger partial charge in [0.25, 0.3) is 11.5 Å². The fourth-order valence-corrected chi connectivity index (χ4v) is 5.30. The molecule has 8 heteroatoms. The second-order valence-electron chi connectivity index (χ2n) is 8.57. The van der Waals surface area contributed by atoms with Gasteiger partial charge in [-0.05, 0) is 44.0 Å². The Kier molecular flexibility index (Phi) is 5.82. The fourth-order valence-electron chi connectivity index (χ4n) is 4.26. The number of aryl methyl sites for hydroxylation is 2. The van der Waals surface area contributed by atoms with Crippen LogP contribution in [0.25, 0.3) is 6.08 Å². The fraction of sp³-hybridized carbons (Fsp3) is 0.185. The maximum Gasteiger partial charge on any atom is 0.271 e. The molecule has 4 aromatic rings. The molecular formula is C27H25N5O2S.